The summed E-state index contributed by atoms with van der Waals surface area (Å²) in [5.74, 6) is 0.528. The molecule has 1 amide bonds. The zero-order chi connectivity index (χ0) is 12.3. The molecule has 0 radical (unpaired) electrons. The van der Waals surface area contributed by atoms with Gasteiger partial charge in [0.2, 0.25) is 5.91 Å². The maximum absolute atomic E-state index is 12.2. The van der Waals surface area contributed by atoms with E-state index in [9.17, 15) is 4.79 Å². The minimum absolute atomic E-state index is 0. The van der Waals surface area contributed by atoms with Crippen molar-refractivity contribution in [2.45, 2.75) is 26.3 Å². The first-order chi connectivity index (χ1) is 8.16. The van der Waals surface area contributed by atoms with Gasteiger partial charge >= 0.3 is 0 Å². The molecule has 0 spiro atoms. The third-order valence-corrected chi connectivity index (χ3v) is 4.24. The highest BCUT2D eigenvalue weighted by atomic mass is 35.5. The molecule has 1 fully saturated rings. The van der Waals surface area contributed by atoms with Crippen molar-refractivity contribution in [1.29, 1.82) is 0 Å². The predicted octanol–water partition coefficient (Wildman–Crippen LogP) is 2.44. The highest BCUT2D eigenvalue weighted by Crippen LogP contribution is 2.19. The van der Waals surface area contributed by atoms with Crippen LogP contribution in [0.25, 0.3) is 0 Å². The highest BCUT2D eigenvalue weighted by Gasteiger charge is 2.23. The number of hydrogen-bond acceptors (Lipinski definition) is 3. The van der Waals surface area contributed by atoms with Crippen LogP contribution in [-0.2, 0) is 11.3 Å². The Morgan fingerprint density at radius 1 is 1.44 bits per heavy atom. The Hall–Kier alpha value is -0.580. The van der Waals surface area contributed by atoms with Crippen molar-refractivity contribution in [3.63, 3.8) is 0 Å². The third kappa shape index (κ3) is 3.97. The van der Waals surface area contributed by atoms with E-state index in [2.05, 4.69) is 24.4 Å². The summed E-state index contributed by atoms with van der Waals surface area (Å²) in [6.07, 6.45) is 1.96. The molecule has 3 nitrogen and oxygen atoms in total. The molecule has 0 atom stereocenters. The summed E-state index contributed by atoms with van der Waals surface area (Å²) < 4.78 is 0. The molecular formula is C13H21ClN2OS. The van der Waals surface area contributed by atoms with Gasteiger partial charge in [-0.05, 0) is 45.0 Å². The van der Waals surface area contributed by atoms with Crippen LogP contribution in [0.3, 0.4) is 0 Å². The largest absolute Gasteiger partial charge is 0.340 e. The fraction of sp³-hybridized carbons (Fsp3) is 0.615. The number of hydrogen-bond donors (Lipinski definition) is 1. The molecule has 102 valence electrons. The Bertz CT molecular complexity index is 388. The summed E-state index contributed by atoms with van der Waals surface area (Å²) in [7, 11) is 1.92. The summed E-state index contributed by atoms with van der Waals surface area (Å²) in [6, 6.07) is 4.23. The second-order valence-corrected chi connectivity index (χ2v) is 6.10. The molecule has 5 heteroatoms. The van der Waals surface area contributed by atoms with Gasteiger partial charge in [-0.2, -0.15) is 0 Å². The Morgan fingerprint density at radius 3 is 2.67 bits per heavy atom. The van der Waals surface area contributed by atoms with Crippen LogP contribution in [0.2, 0.25) is 0 Å². The second-order valence-electron chi connectivity index (χ2n) is 4.73. The Labute approximate surface area is 119 Å². The SMILES string of the molecule is Cc1ccc(CN(C)C(=O)C2CCNCC2)s1.Cl. The number of carbonyl (C=O) groups is 1. The van der Waals surface area contributed by atoms with Gasteiger partial charge < -0.3 is 10.2 Å². The van der Waals surface area contributed by atoms with Crippen LogP contribution >= 0.6 is 23.7 Å². The van der Waals surface area contributed by atoms with E-state index in [-0.39, 0.29) is 18.3 Å². The van der Waals surface area contributed by atoms with E-state index in [0.717, 1.165) is 32.5 Å². The molecule has 0 bridgehead atoms. The maximum Gasteiger partial charge on any atom is 0.225 e. The van der Waals surface area contributed by atoms with Crippen LogP contribution in [0.1, 0.15) is 22.6 Å². The quantitative estimate of drug-likeness (QED) is 0.926. The van der Waals surface area contributed by atoms with Crippen molar-refractivity contribution < 1.29 is 4.79 Å². The molecule has 0 saturated carbocycles. The lowest BCUT2D eigenvalue weighted by Gasteiger charge is -2.26. The number of rotatable bonds is 3. The lowest BCUT2D eigenvalue weighted by molar-refractivity contribution is -0.135. The van der Waals surface area contributed by atoms with Gasteiger partial charge in [0.05, 0.1) is 6.54 Å². The zero-order valence-corrected chi connectivity index (χ0v) is 12.6. The van der Waals surface area contributed by atoms with E-state index >= 15 is 0 Å². The Kier molecular flexibility index (Phi) is 6.12. The molecular weight excluding hydrogens is 268 g/mol. The number of carbonyl (C=O) groups excluding carboxylic acids is 1. The van der Waals surface area contributed by atoms with Crippen LogP contribution < -0.4 is 5.32 Å². The Morgan fingerprint density at radius 2 is 2.11 bits per heavy atom. The van der Waals surface area contributed by atoms with Crippen molar-refractivity contribution in [3.8, 4) is 0 Å². The predicted molar refractivity (Wildman–Crippen MR) is 78.4 cm³/mol. The molecule has 0 unspecified atom stereocenters. The van der Waals surface area contributed by atoms with Gasteiger partial charge in [-0.1, -0.05) is 0 Å². The van der Waals surface area contributed by atoms with Gasteiger partial charge in [0.25, 0.3) is 0 Å². The first-order valence-corrected chi connectivity index (χ1v) is 6.99. The molecule has 1 N–H and O–H groups in total. The van der Waals surface area contributed by atoms with Crippen LogP contribution in [0.4, 0.5) is 0 Å². The fourth-order valence-electron chi connectivity index (χ4n) is 2.26. The summed E-state index contributed by atoms with van der Waals surface area (Å²) >= 11 is 1.77. The first-order valence-electron chi connectivity index (χ1n) is 6.18. The van der Waals surface area contributed by atoms with Crippen molar-refractivity contribution in [2.24, 2.45) is 5.92 Å². The summed E-state index contributed by atoms with van der Waals surface area (Å²) in [6.45, 7) is 4.80. The number of amides is 1. The van der Waals surface area contributed by atoms with Gasteiger partial charge in [0.1, 0.15) is 0 Å². The fourth-order valence-corrected chi connectivity index (χ4v) is 3.21. The van der Waals surface area contributed by atoms with E-state index in [4.69, 9.17) is 0 Å². The molecule has 1 aromatic heterocycles. The molecule has 1 aromatic rings. The van der Waals surface area contributed by atoms with E-state index < -0.39 is 0 Å². The topological polar surface area (TPSA) is 32.3 Å². The third-order valence-electron chi connectivity index (χ3n) is 3.25. The Balaban J connectivity index is 0.00000162. The average molecular weight is 289 g/mol. The van der Waals surface area contributed by atoms with Gasteiger partial charge in [0, 0.05) is 22.7 Å². The van der Waals surface area contributed by atoms with E-state index in [0.29, 0.717) is 5.91 Å². The molecule has 2 heterocycles. The minimum atomic E-state index is 0. The van der Waals surface area contributed by atoms with Crippen LogP contribution in [-0.4, -0.2) is 30.9 Å². The number of halogens is 1. The van der Waals surface area contributed by atoms with Crippen molar-refractivity contribution in [3.05, 3.63) is 21.9 Å². The molecule has 18 heavy (non-hydrogen) atoms. The smallest absolute Gasteiger partial charge is 0.225 e. The normalized spacial score (nSPS) is 16.1. The number of nitrogens with zero attached hydrogens (tertiary/aromatic N) is 1. The second kappa shape index (κ2) is 7.12. The summed E-state index contributed by atoms with van der Waals surface area (Å²) in [5.41, 5.74) is 0. The van der Waals surface area contributed by atoms with Gasteiger partial charge in [-0.3, -0.25) is 4.79 Å². The highest BCUT2D eigenvalue weighted by molar-refractivity contribution is 7.11. The lowest BCUT2D eigenvalue weighted by atomic mass is 9.97. The first kappa shape index (κ1) is 15.5. The summed E-state index contributed by atoms with van der Waals surface area (Å²) in [5, 5.41) is 3.29. The molecule has 2 rings (SSSR count). The van der Waals surface area contributed by atoms with Gasteiger partial charge in [-0.25, -0.2) is 0 Å². The molecule has 1 saturated heterocycles. The zero-order valence-electron chi connectivity index (χ0n) is 10.9. The minimum Gasteiger partial charge on any atom is -0.340 e. The summed E-state index contributed by atoms with van der Waals surface area (Å²) in [4.78, 5) is 16.7. The average Bonchev–Trinajstić information content (AvgIpc) is 2.75. The number of aryl methyl sites for hydroxylation is 1. The maximum atomic E-state index is 12.2. The van der Waals surface area contributed by atoms with Crippen molar-refractivity contribution in [2.75, 3.05) is 20.1 Å². The van der Waals surface area contributed by atoms with Crippen molar-refractivity contribution >= 4 is 29.7 Å². The standard InChI is InChI=1S/C13H20N2OS.ClH/c1-10-3-4-12(17-10)9-15(2)13(16)11-5-7-14-8-6-11;/h3-4,11,14H,5-9H2,1-2H3;1H. The number of piperidine rings is 1. The lowest BCUT2D eigenvalue weighted by Crippen LogP contribution is -2.38. The monoisotopic (exact) mass is 288 g/mol. The van der Waals surface area contributed by atoms with E-state index in [1.165, 1.54) is 9.75 Å². The molecule has 0 aromatic carbocycles. The molecule has 1 aliphatic heterocycles. The van der Waals surface area contributed by atoms with Gasteiger partial charge in [-0.15, -0.1) is 23.7 Å². The van der Waals surface area contributed by atoms with Crippen LogP contribution in [0.15, 0.2) is 12.1 Å². The van der Waals surface area contributed by atoms with E-state index in [1.54, 1.807) is 11.3 Å². The van der Waals surface area contributed by atoms with Gasteiger partial charge in [0.15, 0.2) is 0 Å². The number of nitrogens with one attached hydrogen (secondary N) is 1. The molecule has 0 aliphatic carbocycles. The van der Waals surface area contributed by atoms with Crippen LogP contribution in [0.5, 0.6) is 0 Å². The number of thiophene rings is 1. The molecule has 1 aliphatic rings. The van der Waals surface area contributed by atoms with E-state index in [1.807, 2.05) is 11.9 Å². The van der Waals surface area contributed by atoms with Crippen LogP contribution in [0, 0.1) is 12.8 Å². The van der Waals surface area contributed by atoms with Crippen molar-refractivity contribution in [1.82, 2.24) is 10.2 Å².